The number of carboxylic acids is 3. The minimum atomic E-state index is -1.40. The van der Waals surface area contributed by atoms with Gasteiger partial charge in [-0.15, -0.1) is 0 Å². The van der Waals surface area contributed by atoms with Crippen LogP contribution in [0.1, 0.15) is 134 Å². The summed E-state index contributed by atoms with van der Waals surface area (Å²) in [6.45, 7) is 0.612. The molecule has 0 aliphatic rings. The Labute approximate surface area is 423 Å². The van der Waals surface area contributed by atoms with E-state index in [1.165, 1.54) is 45.7 Å². The number of hydrogen-bond acceptors (Lipinski definition) is 14. The van der Waals surface area contributed by atoms with Gasteiger partial charge in [0.25, 0.3) is 0 Å². The SMILES string of the molecule is BC(=O)C(Cc1ccc(O)cc1)NC(=O)COCCOCCNC(=O)COCCOCCNC(=O)CC[C@H](NC(=O)CCC(NC(=O)CCCCCCCCCCCCCCCCC(=O)O)C(=O)O)C(=O)O. The van der Waals surface area contributed by atoms with Crippen LogP contribution in [-0.4, -0.2) is 165 Å². The highest BCUT2D eigenvalue weighted by atomic mass is 16.5. The number of nitrogens with one attached hydrogen (secondary N) is 5. The second kappa shape index (κ2) is 41.9. The molecule has 0 saturated heterocycles. The topological polar surface area (TPSA) is 332 Å². The van der Waals surface area contributed by atoms with Crippen molar-refractivity contribution in [2.45, 2.75) is 153 Å². The van der Waals surface area contributed by atoms with Gasteiger partial charge in [0.15, 0.2) is 7.85 Å². The van der Waals surface area contributed by atoms with Gasteiger partial charge in [0.2, 0.25) is 29.5 Å². The lowest BCUT2D eigenvalue weighted by molar-refractivity contribution is -0.143. The van der Waals surface area contributed by atoms with Crippen molar-refractivity contribution in [1.29, 1.82) is 0 Å². The second-order valence-electron chi connectivity index (χ2n) is 17.5. The standard InChI is InChI=1S/C49H80BN5O17/c50-47(64)40(33-36-17-19-37(56)20-18-36)55-45(61)35-72-32-30-70-28-26-52-44(60)34-71-31-29-69-27-25-51-41(57)23-21-38(48(65)66)54-43(59)24-22-39(49(67)68)53-42(58)15-13-11-9-7-5-3-1-2-4-6-8-10-12-14-16-46(62)63/h17-20,38-40,56H,1-16,21-35,50H2,(H,51,57)(H,52,60)(H,53,58)(H,54,59)(H,55,61)(H,62,63)(H,65,66)(H,67,68)/t38-,39?,40?/m0/s1. The van der Waals surface area contributed by atoms with Crippen molar-refractivity contribution in [1.82, 2.24) is 26.6 Å². The molecule has 0 aliphatic carbocycles. The van der Waals surface area contributed by atoms with Crippen LogP contribution in [0.3, 0.4) is 0 Å². The summed E-state index contributed by atoms with van der Waals surface area (Å²) in [7, 11) is 1.38. The van der Waals surface area contributed by atoms with Crippen LogP contribution < -0.4 is 26.6 Å². The van der Waals surface area contributed by atoms with Crippen LogP contribution in [-0.2, 0) is 68.5 Å². The summed E-state index contributed by atoms with van der Waals surface area (Å²) < 4.78 is 21.3. The molecule has 2 unspecified atom stereocenters. The number of phenols is 1. The maximum atomic E-state index is 12.5. The molecule has 0 heterocycles. The molecule has 0 spiro atoms. The number of hydrogen-bond donors (Lipinski definition) is 9. The molecule has 23 heteroatoms. The summed E-state index contributed by atoms with van der Waals surface area (Å²) in [6, 6.07) is 2.88. The molecule has 72 heavy (non-hydrogen) atoms. The van der Waals surface area contributed by atoms with Crippen molar-refractivity contribution < 1.29 is 82.5 Å². The first kappa shape index (κ1) is 64.4. The van der Waals surface area contributed by atoms with Gasteiger partial charge in [-0.1, -0.05) is 89.2 Å². The summed E-state index contributed by atoms with van der Waals surface area (Å²) in [4.78, 5) is 107. The Kier molecular flexibility index (Phi) is 37.5. The number of phenolic OH excluding ortho intramolecular Hbond substituents is 1. The van der Waals surface area contributed by atoms with Crippen molar-refractivity contribution in [2.24, 2.45) is 0 Å². The molecule has 0 bridgehead atoms. The molecule has 1 rings (SSSR count). The molecule has 0 aliphatic heterocycles. The predicted octanol–water partition coefficient (Wildman–Crippen LogP) is 1.90. The third-order valence-corrected chi connectivity index (χ3v) is 11.2. The molecule has 1 aromatic carbocycles. The molecule has 3 atom stereocenters. The summed E-state index contributed by atoms with van der Waals surface area (Å²) >= 11 is 0. The van der Waals surface area contributed by atoms with Gasteiger partial charge in [-0.3, -0.25) is 28.8 Å². The Balaban J connectivity index is 2.06. The second-order valence-corrected chi connectivity index (χ2v) is 17.5. The zero-order chi connectivity index (χ0) is 53.2. The number of rotatable bonds is 47. The minimum Gasteiger partial charge on any atom is -0.508 e. The van der Waals surface area contributed by atoms with Crippen molar-refractivity contribution in [3.63, 3.8) is 0 Å². The maximum Gasteiger partial charge on any atom is 0.326 e. The van der Waals surface area contributed by atoms with E-state index in [0.29, 0.717) is 6.42 Å². The third-order valence-electron chi connectivity index (χ3n) is 11.2. The van der Waals surface area contributed by atoms with E-state index in [4.69, 9.17) is 24.1 Å². The zero-order valence-corrected chi connectivity index (χ0v) is 42.1. The molecule has 9 N–H and O–H groups in total. The lowest BCUT2D eigenvalue weighted by atomic mass is 9.90. The number of carbonyl (C=O) groups is 9. The van der Waals surface area contributed by atoms with E-state index < -0.39 is 59.7 Å². The Morgan fingerprint density at radius 3 is 1.29 bits per heavy atom. The van der Waals surface area contributed by atoms with E-state index in [0.717, 1.165) is 63.4 Å². The van der Waals surface area contributed by atoms with Gasteiger partial charge in [-0.2, -0.15) is 0 Å². The maximum absolute atomic E-state index is 12.5. The summed E-state index contributed by atoms with van der Waals surface area (Å²) in [5.41, 5.74) is 0.559. The molecule has 5 amide bonds. The van der Waals surface area contributed by atoms with Crippen molar-refractivity contribution in [2.75, 3.05) is 65.9 Å². The zero-order valence-electron chi connectivity index (χ0n) is 42.1. The van der Waals surface area contributed by atoms with Crippen LogP contribution in [0.5, 0.6) is 5.75 Å². The number of ether oxygens (including phenoxy) is 4. The van der Waals surface area contributed by atoms with Crippen LogP contribution in [0.15, 0.2) is 24.3 Å². The monoisotopic (exact) mass is 1020 g/mol. The molecule has 0 saturated carbocycles. The lowest BCUT2D eigenvalue weighted by Crippen LogP contribution is -2.44. The van der Waals surface area contributed by atoms with E-state index in [9.17, 15) is 58.5 Å². The molecule has 0 fully saturated rings. The Hall–Kier alpha value is -5.65. The average Bonchev–Trinajstić information content (AvgIpc) is 3.33. The van der Waals surface area contributed by atoms with E-state index in [2.05, 4.69) is 26.6 Å². The summed E-state index contributed by atoms with van der Waals surface area (Å²) in [5.74, 6) is -5.81. The van der Waals surface area contributed by atoms with Gasteiger partial charge in [-0.05, 0) is 49.8 Å². The van der Waals surface area contributed by atoms with Gasteiger partial charge in [-0.25, -0.2) is 9.59 Å². The Bertz CT molecular complexity index is 1760. The van der Waals surface area contributed by atoms with Crippen LogP contribution >= 0.6 is 0 Å². The smallest absolute Gasteiger partial charge is 0.326 e. The highest BCUT2D eigenvalue weighted by Gasteiger charge is 2.25. The third kappa shape index (κ3) is 37.2. The minimum absolute atomic E-state index is 0.0952. The molecular formula is C49H80BN5O17. The first-order chi connectivity index (χ1) is 34.6. The highest BCUT2D eigenvalue weighted by Crippen LogP contribution is 2.15. The Morgan fingerprint density at radius 1 is 0.444 bits per heavy atom. The Morgan fingerprint density at radius 2 is 0.833 bits per heavy atom. The fourth-order valence-electron chi connectivity index (χ4n) is 7.12. The largest absolute Gasteiger partial charge is 0.508 e. The van der Waals surface area contributed by atoms with Crippen molar-refractivity contribution in [3.8, 4) is 5.75 Å². The van der Waals surface area contributed by atoms with E-state index >= 15 is 0 Å². The van der Waals surface area contributed by atoms with Crippen LogP contribution in [0, 0.1) is 0 Å². The number of aromatic hydroxyl groups is 1. The van der Waals surface area contributed by atoms with E-state index in [1.807, 2.05) is 0 Å². The predicted molar refractivity (Wildman–Crippen MR) is 266 cm³/mol. The van der Waals surface area contributed by atoms with Gasteiger partial charge in [0.05, 0.1) is 45.7 Å². The van der Waals surface area contributed by atoms with Gasteiger partial charge in [0, 0.05) is 38.8 Å². The van der Waals surface area contributed by atoms with E-state index in [-0.39, 0.29) is 128 Å². The lowest BCUT2D eigenvalue weighted by Gasteiger charge is -2.17. The van der Waals surface area contributed by atoms with Crippen molar-refractivity contribution in [3.05, 3.63) is 29.8 Å². The number of carboxylic acid groups (broad SMARTS) is 3. The van der Waals surface area contributed by atoms with Crippen LogP contribution in [0.25, 0.3) is 0 Å². The fourth-order valence-corrected chi connectivity index (χ4v) is 7.12. The quantitative estimate of drug-likeness (QED) is 0.0333. The van der Waals surface area contributed by atoms with Gasteiger partial charge in [0.1, 0.15) is 36.7 Å². The molecular weight excluding hydrogens is 941 g/mol. The molecule has 22 nitrogen and oxygen atoms in total. The number of aliphatic carboxylic acids is 3. The molecule has 0 radical (unpaired) electrons. The van der Waals surface area contributed by atoms with Gasteiger partial charge < -0.3 is 70.8 Å². The van der Waals surface area contributed by atoms with E-state index in [1.54, 1.807) is 12.1 Å². The molecule has 406 valence electrons. The molecule has 1 aromatic rings. The number of amides is 5. The number of carbonyl (C=O) groups excluding carboxylic acids is 6. The number of unbranched alkanes of at least 4 members (excludes halogenated alkanes) is 13. The first-order valence-electron chi connectivity index (χ1n) is 25.3. The number of benzene rings is 1. The summed E-state index contributed by atoms with van der Waals surface area (Å²) in [6.07, 6.45) is 14.1. The van der Waals surface area contributed by atoms with Crippen LogP contribution in [0.4, 0.5) is 0 Å². The molecule has 0 aromatic heterocycles. The average molecular weight is 1020 g/mol. The van der Waals surface area contributed by atoms with Crippen LogP contribution in [0.2, 0.25) is 0 Å². The summed E-state index contributed by atoms with van der Waals surface area (Å²) in [5, 5.41) is 49.8. The van der Waals surface area contributed by atoms with Gasteiger partial charge >= 0.3 is 17.9 Å². The highest BCUT2D eigenvalue weighted by molar-refractivity contribution is 6.59. The first-order valence-corrected chi connectivity index (χ1v) is 25.3. The fraction of sp³-hybridized carbons (Fsp3) is 0.694. The normalized spacial score (nSPS) is 12.2. The van der Waals surface area contributed by atoms with Crippen molar-refractivity contribution >= 4 is 61.0 Å².